The van der Waals surface area contributed by atoms with Gasteiger partial charge in [-0.05, 0) is 19.3 Å². The Morgan fingerprint density at radius 2 is 1.81 bits per heavy atom. The molecule has 2 rings (SSSR count). The fraction of sp³-hybridized carbons (Fsp3) is 0.909. The van der Waals surface area contributed by atoms with Gasteiger partial charge in [0, 0.05) is 25.3 Å². The first kappa shape index (κ1) is 11.7. The molecule has 1 saturated carbocycles. The van der Waals surface area contributed by atoms with E-state index in [-0.39, 0.29) is 44.1 Å². The maximum atomic E-state index is 12.9. The second kappa shape index (κ2) is 4.26. The van der Waals surface area contributed by atoms with Crippen LogP contribution in [0.25, 0.3) is 0 Å². The number of carbonyl (C=O) groups is 1. The van der Waals surface area contributed by atoms with Crippen LogP contribution in [0.4, 0.5) is 13.2 Å². The summed E-state index contributed by atoms with van der Waals surface area (Å²) in [4.78, 5) is 13.4. The largest absolute Gasteiger partial charge is 0.339 e. The molecular weight excluding hydrogens is 219 g/mol. The van der Waals surface area contributed by atoms with E-state index in [1.807, 2.05) is 0 Å². The Labute approximate surface area is 92.8 Å². The van der Waals surface area contributed by atoms with Gasteiger partial charge >= 0.3 is 0 Å². The lowest BCUT2D eigenvalue weighted by Gasteiger charge is -2.30. The number of amides is 1. The van der Waals surface area contributed by atoms with Crippen molar-refractivity contribution in [3.8, 4) is 0 Å². The minimum atomic E-state index is -2.61. The molecule has 0 N–H and O–H groups in total. The highest BCUT2D eigenvalue weighted by Crippen LogP contribution is 2.37. The van der Waals surface area contributed by atoms with Crippen molar-refractivity contribution < 1.29 is 18.0 Å². The lowest BCUT2D eigenvalue weighted by Crippen LogP contribution is -2.38. The van der Waals surface area contributed by atoms with Crippen LogP contribution in [0, 0.1) is 5.92 Å². The SMILES string of the molecule is O=C(C1CCC(F)(F)CC1)N1CCC(F)C1. The van der Waals surface area contributed by atoms with Gasteiger partial charge in [0.1, 0.15) is 6.17 Å². The Bertz CT molecular complexity index is 272. The second-order valence-corrected chi connectivity index (χ2v) is 4.80. The smallest absolute Gasteiger partial charge is 0.248 e. The zero-order chi connectivity index (χ0) is 11.8. The maximum absolute atomic E-state index is 12.9. The van der Waals surface area contributed by atoms with Crippen LogP contribution in [-0.2, 0) is 4.79 Å². The van der Waals surface area contributed by atoms with E-state index in [1.54, 1.807) is 0 Å². The van der Waals surface area contributed by atoms with Crippen LogP contribution in [0.5, 0.6) is 0 Å². The Morgan fingerprint density at radius 3 is 2.31 bits per heavy atom. The number of alkyl halides is 3. The van der Waals surface area contributed by atoms with E-state index in [4.69, 9.17) is 0 Å². The summed E-state index contributed by atoms with van der Waals surface area (Å²) < 4.78 is 38.7. The van der Waals surface area contributed by atoms with Crippen LogP contribution in [0.3, 0.4) is 0 Å². The van der Waals surface area contributed by atoms with Crippen molar-refractivity contribution in [3.05, 3.63) is 0 Å². The molecule has 1 aliphatic carbocycles. The maximum Gasteiger partial charge on any atom is 0.248 e. The first-order valence-electron chi connectivity index (χ1n) is 5.79. The summed E-state index contributed by atoms with van der Waals surface area (Å²) in [5.74, 6) is -3.05. The van der Waals surface area contributed by atoms with Crippen molar-refractivity contribution in [1.29, 1.82) is 0 Å². The number of likely N-dealkylation sites (tertiary alicyclic amines) is 1. The molecule has 2 nitrogen and oxygen atoms in total. The van der Waals surface area contributed by atoms with E-state index in [1.165, 1.54) is 4.90 Å². The zero-order valence-electron chi connectivity index (χ0n) is 9.09. The fourth-order valence-corrected chi connectivity index (χ4v) is 2.46. The van der Waals surface area contributed by atoms with E-state index < -0.39 is 12.1 Å². The van der Waals surface area contributed by atoms with Crippen molar-refractivity contribution in [2.75, 3.05) is 13.1 Å². The topological polar surface area (TPSA) is 20.3 Å². The number of hydrogen-bond donors (Lipinski definition) is 0. The molecule has 1 saturated heterocycles. The van der Waals surface area contributed by atoms with Crippen LogP contribution in [0.1, 0.15) is 32.1 Å². The summed E-state index contributed by atoms with van der Waals surface area (Å²) in [6, 6.07) is 0. The minimum absolute atomic E-state index is 0.129. The fourth-order valence-electron chi connectivity index (χ4n) is 2.46. The Balaban J connectivity index is 1.87. The third kappa shape index (κ3) is 2.50. The average Bonchev–Trinajstić information content (AvgIpc) is 2.64. The number of hydrogen-bond acceptors (Lipinski definition) is 1. The third-order valence-electron chi connectivity index (χ3n) is 3.51. The molecule has 0 bridgehead atoms. The summed E-state index contributed by atoms with van der Waals surface area (Å²) in [5, 5.41) is 0. The molecule has 0 aromatic carbocycles. The van der Waals surface area contributed by atoms with Gasteiger partial charge in [-0.25, -0.2) is 13.2 Å². The van der Waals surface area contributed by atoms with E-state index in [0.717, 1.165) is 0 Å². The molecule has 0 aromatic heterocycles. The summed E-state index contributed by atoms with van der Waals surface area (Å²) in [6.07, 6.45) is -0.506. The number of rotatable bonds is 1. The second-order valence-electron chi connectivity index (χ2n) is 4.80. The van der Waals surface area contributed by atoms with Gasteiger partial charge in [-0.15, -0.1) is 0 Å². The molecule has 1 atom stereocenters. The van der Waals surface area contributed by atoms with Gasteiger partial charge in [0.25, 0.3) is 0 Å². The lowest BCUT2D eigenvalue weighted by molar-refractivity contribution is -0.138. The van der Waals surface area contributed by atoms with Crippen LogP contribution < -0.4 is 0 Å². The highest BCUT2D eigenvalue weighted by atomic mass is 19.3. The van der Waals surface area contributed by atoms with E-state index in [0.29, 0.717) is 13.0 Å². The summed E-state index contributed by atoms with van der Waals surface area (Å²) in [5.41, 5.74) is 0. The molecule has 0 radical (unpaired) electrons. The molecule has 0 aromatic rings. The van der Waals surface area contributed by atoms with Crippen LogP contribution in [-0.4, -0.2) is 36.0 Å². The average molecular weight is 235 g/mol. The molecular formula is C11H16F3NO. The van der Waals surface area contributed by atoms with Gasteiger partial charge in [-0.2, -0.15) is 0 Å². The molecule has 1 amide bonds. The molecule has 1 aliphatic heterocycles. The van der Waals surface area contributed by atoms with Crippen molar-refractivity contribution in [3.63, 3.8) is 0 Å². The van der Waals surface area contributed by atoms with Gasteiger partial charge in [0.2, 0.25) is 11.8 Å². The van der Waals surface area contributed by atoms with Crippen molar-refractivity contribution >= 4 is 5.91 Å². The molecule has 2 aliphatic rings. The minimum Gasteiger partial charge on any atom is -0.339 e. The number of halogens is 3. The molecule has 1 unspecified atom stereocenters. The molecule has 2 fully saturated rings. The van der Waals surface area contributed by atoms with Crippen LogP contribution in [0.15, 0.2) is 0 Å². The van der Waals surface area contributed by atoms with Crippen molar-refractivity contribution in [1.82, 2.24) is 4.90 Å². The Kier molecular flexibility index (Phi) is 3.13. The predicted octanol–water partition coefficient (Wildman–Crippen LogP) is 2.38. The summed E-state index contributed by atoms with van der Waals surface area (Å²) >= 11 is 0. The van der Waals surface area contributed by atoms with Crippen LogP contribution >= 0.6 is 0 Å². The van der Waals surface area contributed by atoms with Crippen molar-refractivity contribution in [2.45, 2.75) is 44.2 Å². The highest BCUT2D eigenvalue weighted by Gasteiger charge is 2.39. The molecule has 0 spiro atoms. The summed E-state index contributed by atoms with van der Waals surface area (Å²) in [7, 11) is 0. The summed E-state index contributed by atoms with van der Waals surface area (Å²) in [6.45, 7) is 0.582. The van der Waals surface area contributed by atoms with E-state index in [2.05, 4.69) is 0 Å². The predicted molar refractivity (Wildman–Crippen MR) is 53.0 cm³/mol. The normalized spacial score (nSPS) is 30.7. The van der Waals surface area contributed by atoms with Gasteiger partial charge in [0.05, 0.1) is 6.54 Å². The van der Waals surface area contributed by atoms with Gasteiger partial charge < -0.3 is 4.90 Å². The molecule has 1 heterocycles. The first-order valence-corrected chi connectivity index (χ1v) is 5.79. The van der Waals surface area contributed by atoms with Gasteiger partial charge in [-0.1, -0.05) is 0 Å². The highest BCUT2D eigenvalue weighted by molar-refractivity contribution is 5.79. The van der Waals surface area contributed by atoms with E-state index >= 15 is 0 Å². The van der Waals surface area contributed by atoms with E-state index in [9.17, 15) is 18.0 Å². The zero-order valence-corrected chi connectivity index (χ0v) is 9.09. The van der Waals surface area contributed by atoms with Crippen molar-refractivity contribution in [2.24, 2.45) is 5.92 Å². The van der Waals surface area contributed by atoms with Gasteiger partial charge in [0.15, 0.2) is 0 Å². The van der Waals surface area contributed by atoms with Crippen LogP contribution in [0.2, 0.25) is 0 Å². The lowest BCUT2D eigenvalue weighted by atomic mass is 9.86. The number of nitrogens with zero attached hydrogens (tertiary/aromatic N) is 1. The molecule has 16 heavy (non-hydrogen) atoms. The Morgan fingerprint density at radius 1 is 1.19 bits per heavy atom. The monoisotopic (exact) mass is 235 g/mol. The third-order valence-corrected chi connectivity index (χ3v) is 3.51. The Hall–Kier alpha value is -0.740. The first-order chi connectivity index (χ1) is 7.48. The quantitative estimate of drug-likeness (QED) is 0.683. The molecule has 5 heteroatoms. The number of carbonyl (C=O) groups excluding carboxylic acids is 1. The molecule has 92 valence electrons. The van der Waals surface area contributed by atoms with Gasteiger partial charge in [-0.3, -0.25) is 4.79 Å². The standard InChI is InChI=1S/C11H16F3NO/c12-9-3-6-15(7-9)10(16)8-1-4-11(13,14)5-2-8/h8-9H,1-7H2.